The molecule has 0 aliphatic rings. The Balaban J connectivity index is 1.67. The van der Waals surface area contributed by atoms with E-state index in [4.69, 9.17) is 0 Å². The maximum atomic E-state index is 13.2. The van der Waals surface area contributed by atoms with E-state index < -0.39 is 0 Å². The highest BCUT2D eigenvalue weighted by atomic mass is 16.1. The van der Waals surface area contributed by atoms with Gasteiger partial charge in [0.1, 0.15) is 0 Å². The van der Waals surface area contributed by atoms with Crippen molar-refractivity contribution in [3.63, 3.8) is 0 Å². The summed E-state index contributed by atoms with van der Waals surface area (Å²) < 4.78 is 2.23. The molecule has 1 heterocycles. The summed E-state index contributed by atoms with van der Waals surface area (Å²) >= 11 is 0. The number of benzene rings is 4. The van der Waals surface area contributed by atoms with E-state index in [1.54, 1.807) is 0 Å². The number of carbonyl (C=O) groups excluding carboxylic acids is 2. The minimum atomic E-state index is 0.00462. The Hall–Kier alpha value is -3.98. The van der Waals surface area contributed by atoms with E-state index in [-0.39, 0.29) is 11.6 Å². The molecule has 0 atom stereocenters. The molecule has 4 aromatic carbocycles. The van der Waals surface area contributed by atoms with Crippen LogP contribution in [-0.2, 0) is 6.54 Å². The fourth-order valence-corrected chi connectivity index (χ4v) is 4.63. The maximum absolute atomic E-state index is 13.2. The highest BCUT2D eigenvalue weighted by Crippen LogP contribution is 2.32. The number of hydrogen-bond acceptors (Lipinski definition) is 2. The first-order chi connectivity index (χ1) is 16.0. The van der Waals surface area contributed by atoms with Gasteiger partial charge in [-0.3, -0.25) is 9.59 Å². The van der Waals surface area contributed by atoms with Crippen LogP contribution in [0.5, 0.6) is 0 Å². The molecule has 0 N–H and O–H groups in total. The van der Waals surface area contributed by atoms with Crippen molar-refractivity contribution in [2.24, 2.45) is 0 Å². The number of nitrogens with zero attached hydrogens (tertiary/aromatic N) is 1. The predicted octanol–water partition coefficient (Wildman–Crippen LogP) is 6.89. The molecule has 0 saturated carbocycles. The van der Waals surface area contributed by atoms with Gasteiger partial charge < -0.3 is 4.57 Å². The fraction of sp³-hybridized carbons (Fsp3) is 0.133. The van der Waals surface area contributed by atoms with Crippen LogP contribution in [0, 0.1) is 13.8 Å². The first-order valence-corrected chi connectivity index (χ1v) is 11.2. The molecule has 0 saturated heterocycles. The number of rotatable bonds is 5. The lowest BCUT2D eigenvalue weighted by Gasteiger charge is -2.05. The van der Waals surface area contributed by atoms with Crippen LogP contribution < -0.4 is 0 Å². The summed E-state index contributed by atoms with van der Waals surface area (Å²) in [4.78, 5) is 26.4. The zero-order valence-corrected chi connectivity index (χ0v) is 19.1. The first kappa shape index (κ1) is 20.9. The van der Waals surface area contributed by atoms with Crippen molar-refractivity contribution in [3.8, 4) is 0 Å². The molecule has 5 aromatic rings. The molecular formula is C30H25NO2. The van der Waals surface area contributed by atoms with Gasteiger partial charge in [0.25, 0.3) is 0 Å². The lowest BCUT2D eigenvalue weighted by atomic mass is 9.98. The van der Waals surface area contributed by atoms with Crippen molar-refractivity contribution in [2.75, 3.05) is 0 Å². The first-order valence-electron chi connectivity index (χ1n) is 11.2. The van der Waals surface area contributed by atoms with Crippen molar-refractivity contribution in [1.82, 2.24) is 4.57 Å². The Bertz CT molecular complexity index is 1440. The number of aryl methyl sites for hydroxylation is 3. The molecule has 3 nitrogen and oxygen atoms in total. The molecule has 0 aliphatic carbocycles. The molecule has 3 heteroatoms. The van der Waals surface area contributed by atoms with Crippen molar-refractivity contribution in [1.29, 1.82) is 0 Å². The summed E-state index contributed by atoms with van der Waals surface area (Å²) in [6.45, 7) is 6.88. The lowest BCUT2D eigenvalue weighted by Crippen LogP contribution is -2.01. The van der Waals surface area contributed by atoms with Gasteiger partial charge in [-0.15, -0.1) is 0 Å². The molecule has 162 valence electrons. The van der Waals surface area contributed by atoms with Gasteiger partial charge >= 0.3 is 0 Å². The Morgan fingerprint density at radius 1 is 0.606 bits per heavy atom. The van der Waals surface area contributed by atoms with E-state index in [1.807, 2.05) is 98.8 Å². The van der Waals surface area contributed by atoms with E-state index in [0.717, 1.165) is 39.5 Å². The van der Waals surface area contributed by atoms with E-state index in [9.17, 15) is 9.59 Å². The Labute approximate surface area is 193 Å². The van der Waals surface area contributed by atoms with E-state index in [1.165, 1.54) is 0 Å². The van der Waals surface area contributed by atoms with Crippen LogP contribution in [0.4, 0.5) is 0 Å². The molecule has 0 spiro atoms. The number of fused-ring (bicyclic) bond motifs is 3. The average molecular weight is 432 g/mol. The molecule has 0 radical (unpaired) electrons. The molecule has 33 heavy (non-hydrogen) atoms. The standard InChI is InChI=1S/C30H25NO2/c1-4-31-27-13-11-23(29(32)21-9-5-7-19(2)15-21)17-25(27)26-18-24(12-14-28(26)31)30(33)22-10-6-8-20(3)16-22/h5-18H,4H2,1-3H3. The van der Waals surface area contributed by atoms with Gasteiger partial charge in [0.2, 0.25) is 0 Å². The summed E-state index contributed by atoms with van der Waals surface area (Å²) in [6.07, 6.45) is 0. The minimum Gasteiger partial charge on any atom is -0.341 e. The van der Waals surface area contributed by atoms with Gasteiger partial charge in [0.05, 0.1) is 0 Å². The third-order valence-electron chi connectivity index (χ3n) is 6.27. The van der Waals surface area contributed by atoms with Crippen LogP contribution in [0.15, 0.2) is 84.9 Å². The fourth-order valence-electron chi connectivity index (χ4n) is 4.63. The van der Waals surface area contributed by atoms with Gasteiger partial charge in [-0.05, 0) is 69.3 Å². The van der Waals surface area contributed by atoms with Crippen molar-refractivity contribution in [2.45, 2.75) is 27.3 Å². The van der Waals surface area contributed by atoms with Crippen LogP contribution >= 0.6 is 0 Å². The summed E-state index contributed by atoms with van der Waals surface area (Å²) in [7, 11) is 0. The van der Waals surface area contributed by atoms with Crippen LogP contribution in [0.2, 0.25) is 0 Å². The monoisotopic (exact) mass is 431 g/mol. The van der Waals surface area contributed by atoms with E-state index >= 15 is 0 Å². The molecular weight excluding hydrogens is 406 g/mol. The van der Waals surface area contributed by atoms with Gasteiger partial charge in [0.15, 0.2) is 11.6 Å². The van der Waals surface area contributed by atoms with E-state index in [0.29, 0.717) is 22.3 Å². The largest absolute Gasteiger partial charge is 0.341 e. The molecule has 0 aliphatic heterocycles. The Kier molecular flexibility index (Phi) is 5.18. The molecule has 0 fully saturated rings. The van der Waals surface area contributed by atoms with Crippen molar-refractivity contribution >= 4 is 33.4 Å². The van der Waals surface area contributed by atoms with Crippen LogP contribution in [0.3, 0.4) is 0 Å². The van der Waals surface area contributed by atoms with E-state index in [2.05, 4.69) is 11.5 Å². The predicted molar refractivity (Wildman–Crippen MR) is 134 cm³/mol. The summed E-state index contributed by atoms with van der Waals surface area (Å²) in [5.74, 6) is 0.00924. The maximum Gasteiger partial charge on any atom is 0.193 e. The lowest BCUT2D eigenvalue weighted by molar-refractivity contribution is 0.103. The average Bonchev–Trinajstić information content (AvgIpc) is 3.15. The van der Waals surface area contributed by atoms with Crippen molar-refractivity contribution < 1.29 is 9.59 Å². The Morgan fingerprint density at radius 2 is 1.03 bits per heavy atom. The minimum absolute atomic E-state index is 0.00462. The Morgan fingerprint density at radius 3 is 1.42 bits per heavy atom. The molecule has 5 rings (SSSR count). The second kappa shape index (κ2) is 8.18. The third kappa shape index (κ3) is 3.66. The summed E-state index contributed by atoms with van der Waals surface area (Å²) in [6, 6.07) is 27.1. The van der Waals surface area contributed by atoms with Gasteiger partial charge in [-0.25, -0.2) is 0 Å². The van der Waals surface area contributed by atoms with Crippen molar-refractivity contribution in [3.05, 3.63) is 118 Å². The highest BCUT2D eigenvalue weighted by Gasteiger charge is 2.17. The van der Waals surface area contributed by atoms with Gasteiger partial charge in [-0.1, -0.05) is 47.5 Å². The topological polar surface area (TPSA) is 39.1 Å². The second-order valence-electron chi connectivity index (χ2n) is 8.61. The summed E-state index contributed by atoms with van der Waals surface area (Å²) in [5, 5.41) is 1.98. The molecule has 0 amide bonds. The SMILES string of the molecule is CCn1c2ccc(C(=O)c3cccc(C)c3)cc2c2cc(C(=O)c3cccc(C)c3)ccc21. The molecule has 1 aromatic heterocycles. The number of ketones is 2. The zero-order chi connectivity index (χ0) is 23.1. The third-order valence-corrected chi connectivity index (χ3v) is 6.27. The normalized spacial score (nSPS) is 11.2. The number of aromatic nitrogens is 1. The van der Waals surface area contributed by atoms with Gasteiger partial charge in [-0.2, -0.15) is 0 Å². The van der Waals surface area contributed by atoms with Crippen LogP contribution in [0.1, 0.15) is 49.9 Å². The smallest absolute Gasteiger partial charge is 0.193 e. The highest BCUT2D eigenvalue weighted by molar-refractivity contribution is 6.17. The number of carbonyl (C=O) groups is 2. The molecule has 0 unspecified atom stereocenters. The van der Waals surface area contributed by atoms with Gasteiger partial charge in [0, 0.05) is 50.6 Å². The number of hydrogen-bond donors (Lipinski definition) is 0. The second-order valence-corrected chi connectivity index (χ2v) is 8.61. The quantitative estimate of drug-likeness (QED) is 0.284. The zero-order valence-electron chi connectivity index (χ0n) is 19.1. The molecule has 0 bridgehead atoms. The summed E-state index contributed by atoms with van der Waals surface area (Å²) in [5.41, 5.74) is 6.92. The van der Waals surface area contributed by atoms with Crippen LogP contribution in [0.25, 0.3) is 21.8 Å². The van der Waals surface area contributed by atoms with Crippen LogP contribution in [-0.4, -0.2) is 16.1 Å².